The second-order valence-electron chi connectivity index (χ2n) is 2.47. The first-order valence-corrected chi connectivity index (χ1v) is 5.65. The van der Waals surface area contributed by atoms with E-state index in [9.17, 15) is 0 Å². The Morgan fingerprint density at radius 3 is 3.31 bits per heavy atom. The van der Waals surface area contributed by atoms with Crippen LogP contribution in [0.15, 0.2) is 28.6 Å². The van der Waals surface area contributed by atoms with Gasteiger partial charge in [0.2, 0.25) is 0 Å². The van der Waals surface area contributed by atoms with Crippen molar-refractivity contribution in [3.8, 4) is 0 Å². The van der Waals surface area contributed by atoms with Crippen LogP contribution in [0.4, 0.5) is 0 Å². The van der Waals surface area contributed by atoms with Crippen molar-refractivity contribution in [3.63, 3.8) is 0 Å². The molecular weight excluding hydrogens is 202 g/mol. The van der Waals surface area contributed by atoms with Crippen LogP contribution >= 0.6 is 23.4 Å². The van der Waals surface area contributed by atoms with Crippen molar-refractivity contribution in [2.24, 2.45) is 0 Å². The van der Waals surface area contributed by atoms with Crippen LogP contribution in [0.25, 0.3) is 10.2 Å². The highest BCUT2D eigenvalue weighted by molar-refractivity contribution is 7.94. The average Bonchev–Trinajstić information content (AvgIpc) is 2.61. The fraction of sp³-hybridized carbons (Fsp3) is 0.222. The molecule has 0 saturated carbocycles. The van der Waals surface area contributed by atoms with Crippen LogP contribution in [-0.4, -0.2) is 11.6 Å². The second-order valence-corrected chi connectivity index (χ2v) is 4.23. The van der Waals surface area contributed by atoms with Gasteiger partial charge in [-0.1, -0.05) is 0 Å². The molecule has 1 aromatic carbocycles. The molecule has 0 unspecified atom stereocenters. The molecule has 0 fully saturated rings. The average molecular weight is 211 g/mol. The maximum Gasteiger partial charge on any atom is 0.0812 e. The Morgan fingerprint density at radius 2 is 2.46 bits per heavy atom. The van der Waals surface area contributed by atoms with E-state index < -0.39 is 0 Å². The highest BCUT2D eigenvalue weighted by Crippen LogP contribution is 2.25. The van der Waals surface area contributed by atoms with Gasteiger partial charge in [0.1, 0.15) is 0 Å². The molecule has 2 rings (SSSR count). The van der Waals surface area contributed by atoms with Crippen LogP contribution in [0.1, 0.15) is 6.92 Å². The molecule has 2 aromatic rings. The lowest BCUT2D eigenvalue weighted by atomic mass is 10.3. The van der Waals surface area contributed by atoms with E-state index in [1.807, 2.05) is 24.6 Å². The van der Waals surface area contributed by atoms with Gasteiger partial charge in [-0.25, -0.2) is 4.98 Å². The largest absolute Gasteiger partial charge is 0.311 e. The maximum atomic E-state index is 5.25. The summed E-state index contributed by atoms with van der Waals surface area (Å²) in [7, 11) is 0. The third kappa shape index (κ3) is 2.02. The third-order valence-electron chi connectivity index (χ3n) is 1.58. The van der Waals surface area contributed by atoms with Gasteiger partial charge in [0.05, 0.1) is 22.3 Å². The molecule has 13 heavy (non-hydrogen) atoms. The van der Waals surface area contributed by atoms with Gasteiger partial charge >= 0.3 is 0 Å². The van der Waals surface area contributed by atoms with Gasteiger partial charge in [0.15, 0.2) is 0 Å². The number of nitrogens with zero attached hydrogens (tertiary/aromatic N) is 1. The van der Waals surface area contributed by atoms with Crippen molar-refractivity contribution in [3.05, 3.63) is 23.7 Å². The summed E-state index contributed by atoms with van der Waals surface area (Å²) in [6.07, 6.45) is 0. The molecule has 0 saturated heterocycles. The minimum absolute atomic E-state index is 0.728. The molecule has 0 N–H and O–H groups in total. The summed E-state index contributed by atoms with van der Waals surface area (Å²) in [4.78, 5) is 5.35. The molecule has 0 bridgehead atoms. The van der Waals surface area contributed by atoms with Crippen molar-refractivity contribution in [1.82, 2.24) is 4.98 Å². The molecule has 4 heteroatoms. The molecule has 1 heterocycles. The number of aromatic nitrogens is 1. The summed E-state index contributed by atoms with van der Waals surface area (Å²) in [5, 5.41) is 0. The quantitative estimate of drug-likeness (QED) is 0.727. The molecule has 0 aliphatic rings. The number of thiazole rings is 1. The predicted octanol–water partition coefficient (Wildman–Crippen LogP) is 3.34. The SMILES string of the molecule is CCOSc1ccc2ncsc2c1. The monoisotopic (exact) mass is 211 g/mol. The van der Waals surface area contributed by atoms with E-state index in [-0.39, 0.29) is 0 Å². The molecule has 0 spiro atoms. The van der Waals surface area contributed by atoms with Gasteiger partial charge in [-0.2, -0.15) is 0 Å². The van der Waals surface area contributed by atoms with E-state index in [0.717, 1.165) is 17.0 Å². The van der Waals surface area contributed by atoms with E-state index in [1.165, 1.54) is 16.7 Å². The summed E-state index contributed by atoms with van der Waals surface area (Å²) >= 11 is 3.07. The van der Waals surface area contributed by atoms with Crippen LogP contribution in [0.5, 0.6) is 0 Å². The lowest BCUT2D eigenvalue weighted by molar-refractivity contribution is 0.402. The topological polar surface area (TPSA) is 22.1 Å². The van der Waals surface area contributed by atoms with Crippen molar-refractivity contribution in [1.29, 1.82) is 0 Å². The van der Waals surface area contributed by atoms with Gasteiger partial charge in [-0.3, -0.25) is 0 Å². The zero-order chi connectivity index (χ0) is 9.10. The highest BCUT2D eigenvalue weighted by atomic mass is 32.2. The van der Waals surface area contributed by atoms with E-state index in [2.05, 4.69) is 11.1 Å². The number of hydrogen-bond donors (Lipinski definition) is 0. The molecule has 0 amide bonds. The molecular formula is C9H9NOS2. The number of fused-ring (bicyclic) bond motifs is 1. The molecule has 1 aromatic heterocycles. The van der Waals surface area contributed by atoms with E-state index >= 15 is 0 Å². The first-order chi connectivity index (χ1) is 6.40. The molecule has 0 aliphatic carbocycles. The smallest absolute Gasteiger partial charge is 0.0812 e. The zero-order valence-electron chi connectivity index (χ0n) is 7.19. The Hall–Kier alpha value is -0.580. The Morgan fingerprint density at radius 1 is 1.54 bits per heavy atom. The van der Waals surface area contributed by atoms with E-state index in [0.29, 0.717) is 0 Å². The first-order valence-electron chi connectivity index (χ1n) is 4.03. The Kier molecular flexibility index (Phi) is 2.83. The zero-order valence-corrected chi connectivity index (χ0v) is 8.82. The molecule has 0 aliphatic heterocycles. The lowest BCUT2D eigenvalue weighted by Crippen LogP contribution is -1.77. The number of rotatable bonds is 3. The summed E-state index contributed by atoms with van der Waals surface area (Å²) in [5.41, 5.74) is 2.92. The van der Waals surface area contributed by atoms with E-state index in [4.69, 9.17) is 4.18 Å². The Balaban J connectivity index is 2.26. The molecule has 2 nitrogen and oxygen atoms in total. The van der Waals surface area contributed by atoms with Gasteiger partial charge in [0.25, 0.3) is 0 Å². The summed E-state index contributed by atoms with van der Waals surface area (Å²) in [5.74, 6) is 0. The van der Waals surface area contributed by atoms with Gasteiger partial charge in [0, 0.05) is 16.9 Å². The summed E-state index contributed by atoms with van der Waals surface area (Å²) in [6, 6.07) is 6.16. The minimum atomic E-state index is 0.728. The fourth-order valence-electron chi connectivity index (χ4n) is 1.01. The maximum absolute atomic E-state index is 5.25. The highest BCUT2D eigenvalue weighted by Gasteiger charge is 1.99. The predicted molar refractivity (Wildman–Crippen MR) is 57.1 cm³/mol. The van der Waals surface area contributed by atoms with Crippen LogP contribution in [0, 0.1) is 0 Å². The number of hydrogen-bond acceptors (Lipinski definition) is 4. The Labute approximate surface area is 85.1 Å². The van der Waals surface area contributed by atoms with Crippen molar-refractivity contribution < 1.29 is 4.18 Å². The van der Waals surface area contributed by atoms with Crippen molar-refractivity contribution in [2.45, 2.75) is 11.8 Å². The van der Waals surface area contributed by atoms with Crippen LogP contribution < -0.4 is 0 Å². The molecule has 0 radical (unpaired) electrons. The molecule has 68 valence electrons. The van der Waals surface area contributed by atoms with Gasteiger partial charge in [-0.05, 0) is 25.1 Å². The summed E-state index contributed by atoms with van der Waals surface area (Å²) in [6.45, 7) is 2.71. The second kappa shape index (κ2) is 4.09. The van der Waals surface area contributed by atoms with Crippen LogP contribution in [0.3, 0.4) is 0 Å². The normalized spacial score (nSPS) is 10.8. The Bertz CT molecular complexity index is 399. The number of benzene rings is 1. The summed E-state index contributed by atoms with van der Waals surface area (Å²) < 4.78 is 6.46. The standard InChI is InChI=1S/C9H9NOS2/c1-2-11-13-7-3-4-8-9(5-7)12-6-10-8/h3-6H,2H2,1H3. The van der Waals surface area contributed by atoms with Gasteiger partial charge in [-0.15, -0.1) is 11.3 Å². The molecule has 0 atom stereocenters. The lowest BCUT2D eigenvalue weighted by Gasteiger charge is -1.98. The van der Waals surface area contributed by atoms with Gasteiger partial charge < -0.3 is 4.18 Å². The fourth-order valence-corrected chi connectivity index (χ4v) is 2.35. The van der Waals surface area contributed by atoms with E-state index in [1.54, 1.807) is 11.3 Å². The minimum Gasteiger partial charge on any atom is -0.311 e. The van der Waals surface area contributed by atoms with Crippen molar-refractivity contribution in [2.75, 3.05) is 6.61 Å². The van der Waals surface area contributed by atoms with Crippen LogP contribution in [0.2, 0.25) is 0 Å². The first kappa shape index (κ1) is 8.99. The van der Waals surface area contributed by atoms with Crippen LogP contribution in [-0.2, 0) is 4.18 Å². The van der Waals surface area contributed by atoms with Crippen molar-refractivity contribution >= 4 is 33.6 Å². The third-order valence-corrected chi connectivity index (χ3v) is 3.17.